The maximum atomic E-state index is 11.9. The molecule has 0 aliphatic heterocycles. The highest BCUT2D eigenvalue weighted by Gasteiger charge is 2.10. The molecular weight excluding hydrogens is 363 g/mol. The molecule has 8 heteroatoms. The van der Waals surface area contributed by atoms with Crippen molar-refractivity contribution in [3.63, 3.8) is 0 Å². The van der Waals surface area contributed by atoms with Crippen LogP contribution in [0.15, 0.2) is 46.0 Å². The summed E-state index contributed by atoms with van der Waals surface area (Å²) in [7, 11) is 3.53. The topological polar surface area (TPSA) is 69.9 Å². The fourth-order valence-corrected chi connectivity index (χ4v) is 2.51. The molecule has 134 valence electrons. The summed E-state index contributed by atoms with van der Waals surface area (Å²) < 4.78 is 5.17. The van der Waals surface area contributed by atoms with Gasteiger partial charge in [0, 0.05) is 20.6 Å². The number of aliphatic imine (C=N–C) groups is 1. The van der Waals surface area contributed by atoms with Gasteiger partial charge in [0.1, 0.15) is 5.76 Å². The summed E-state index contributed by atoms with van der Waals surface area (Å²) in [5.41, 5.74) is 0.988. The molecule has 0 aliphatic carbocycles. The first-order chi connectivity index (χ1) is 12.0. The molecule has 2 aromatic rings. The third-order valence-corrected chi connectivity index (χ3v) is 4.16. The van der Waals surface area contributed by atoms with Crippen LogP contribution < -0.4 is 10.6 Å². The number of hydrogen-bond donors (Lipinski definition) is 2. The first-order valence-corrected chi connectivity index (χ1v) is 8.40. The lowest BCUT2D eigenvalue weighted by molar-refractivity contribution is -0.120. The van der Waals surface area contributed by atoms with Crippen LogP contribution in [-0.2, 0) is 17.9 Å². The zero-order chi connectivity index (χ0) is 18.2. The number of carbonyl (C=O) groups is 1. The Kier molecular flexibility index (Phi) is 7.16. The van der Waals surface area contributed by atoms with Crippen molar-refractivity contribution in [1.29, 1.82) is 0 Å². The lowest BCUT2D eigenvalue weighted by Crippen LogP contribution is -2.43. The molecule has 1 amide bonds. The fourth-order valence-electron chi connectivity index (χ4n) is 2.19. The SMILES string of the molecule is CN=C(NCC(=O)NCc1ccco1)N(C)Cc1ccc(Cl)c(Cl)c1. The Morgan fingerprint density at radius 1 is 1.24 bits per heavy atom. The minimum atomic E-state index is -0.152. The first-order valence-electron chi connectivity index (χ1n) is 7.64. The molecule has 0 spiro atoms. The van der Waals surface area contributed by atoms with E-state index in [2.05, 4.69) is 15.6 Å². The van der Waals surface area contributed by atoms with Crippen LogP contribution in [0.2, 0.25) is 10.0 Å². The van der Waals surface area contributed by atoms with Gasteiger partial charge in [-0.3, -0.25) is 9.79 Å². The lowest BCUT2D eigenvalue weighted by Gasteiger charge is -2.22. The van der Waals surface area contributed by atoms with E-state index in [0.717, 1.165) is 5.56 Å². The molecule has 0 radical (unpaired) electrons. The number of nitrogens with zero attached hydrogens (tertiary/aromatic N) is 2. The molecule has 1 heterocycles. The Morgan fingerprint density at radius 2 is 2.04 bits per heavy atom. The van der Waals surface area contributed by atoms with Gasteiger partial charge in [0.05, 0.1) is 29.4 Å². The van der Waals surface area contributed by atoms with Gasteiger partial charge < -0.3 is 20.0 Å². The van der Waals surface area contributed by atoms with E-state index in [0.29, 0.717) is 34.9 Å². The van der Waals surface area contributed by atoms with Crippen LogP contribution in [0.5, 0.6) is 0 Å². The van der Waals surface area contributed by atoms with Crippen LogP contribution in [0, 0.1) is 0 Å². The summed E-state index contributed by atoms with van der Waals surface area (Å²) in [5, 5.41) is 6.81. The molecule has 0 atom stereocenters. The third-order valence-electron chi connectivity index (χ3n) is 3.42. The number of carbonyl (C=O) groups excluding carboxylic acids is 1. The highest BCUT2D eigenvalue weighted by molar-refractivity contribution is 6.42. The Bertz CT molecular complexity index is 732. The molecule has 0 bridgehead atoms. The van der Waals surface area contributed by atoms with Crippen LogP contribution in [0.25, 0.3) is 0 Å². The van der Waals surface area contributed by atoms with E-state index in [1.807, 2.05) is 24.1 Å². The van der Waals surface area contributed by atoms with Crippen LogP contribution >= 0.6 is 23.2 Å². The minimum absolute atomic E-state index is 0.110. The van der Waals surface area contributed by atoms with Gasteiger partial charge in [0.25, 0.3) is 0 Å². The summed E-state index contributed by atoms with van der Waals surface area (Å²) in [6.45, 7) is 1.04. The smallest absolute Gasteiger partial charge is 0.239 e. The zero-order valence-corrected chi connectivity index (χ0v) is 15.6. The largest absolute Gasteiger partial charge is 0.467 e. The van der Waals surface area contributed by atoms with Gasteiger partial charge in [0.2, 0.25) is 5.91 Å². The van der Waals surface area contributed by atoms with E-state index < -0.39 is 0 Å². The van der Waals surface area contributed by atoms with Crippen molar-refractivity contribution >= 4 is 35.1 Å². The number of halogens is 2. The molecule has 2 N–H and O–H groups in total. The van der Waals surface area contributed by atoms with Crippen molar-refractivity contribution in [1.82, 2.24) is 15.5 Å². The van der Waals surface area contributed by atoms with Crippen LogP contribution in [0.1, 0.15) is 11.3 Å². The second-order valence-corrected chi connectivity index (χ2v) is 6.18. The van der Waals surface area contributed by atoms with E-state index in [-0.39, 0.29) is 12.5 Å². The Morgan fingerprint density at radius 3 is 2.68 bits per heavy atom. The van der Waals surface area contributed by atoms with Gasteiger partial charge in [-0.15, -0.1) is 0 Å². The number of guanidine groups is 1. The number of rotatable bonds is 6. The van der Waals surface area contributed by atoms with Crippen molar-refractivity contribution in [2.75, 3.05) is 20.6 Å². The summed E-state index contributed by atoms with van der Waals surface area (Å²) in [5.74, 6) is 1.15. The molecule has 2 rings (SSSR count). The van der Waals surface area contributed by atoms with Crippen molar-refractivity contribution in [3.8, 4) is 0 Å². The Labute approximate surface area is 156 Å². The summed E-state index contributed by atoms with van der Waals surface area (Å²) in [4.78, 5) is 18.0. The molecular formula is C17H20Cl2N4O2. The third kappa shape index (κ3) is 5.99. The van der Waals surface area contributed by atoms with E-state index in [4.69, 9.17) is 27.6 Å². The number of hydrogen-bond acceptors (Lipinski definition) is 3. The van der Waals surface area contributed by atoms with E-state index in [1.165, 1.54) is 0 Å². The number of amides is 1. The van der Waals surface area contributed by atoms with Gasteiger partial charge in [-0.05, 0) is 29.8 Å². The van der Waals surface area contributed by atoms with Crippen LogP contribution in [0.4, 0.5) is 0 Å². The Balaban J connectivity index is 1.82. The maximum absolute atomic E-state index is 11.9. The highest BCUT2D eigenvalue weighted by Crippen LogP contribution is 2.23. The number of nitrogens with one attached hydrogen (secondary N) is 2. The normalized spacial score (nSPS) is 11.3. The molecule has 0 saturated carbocycles. The molecule has 0 unspecified atom stereocenters. The van der Waals surface area contributed by atoms with Gasteiger partial charge in [-0.25, -0.2) is 0 Å². The molecule has 0 fully saturated rings. The highest BCUT2D eigenvalue weighted by atomic mass is 35.5. The predicted octanol–water partition coefficient (Wildman–Crippen LogP) is 2.91. The molecule has 1 aromatic heterocycles. The second-order valence-electron chi connectivity index (χ2n) is 5.36. The average Bonchev–Trinajstić information content (AvgIpc) is 3.10. The molecule has 0 aliphatic rings. The van der Waals surface area contributed by atoms with Crippen LogP contribution in [-0.4, -0.2) is 37.4 Å². The van der Waals surface area contributed by atoms with E-state index >= 15 is 0 Å². The van der Waals surface area contributed by atoms with Crippen molar-refractivity contribution < 1.29 is 9.21 Å². The van der Waals surface area contributed by atoms with E-state index in [1.54, 1.807) is 31.5 Å². The first kappa shape index (κ1) is 19.1. The van der Waals surface area contributed by atoms with Crippen LogP contribution in [0.3, 0.4) is 0 Å². The number of benzene rings is 1. The summed E-state index contributed by atoms with van der Waals surface area (Å²) in [6, 6.07) is 9.04. The second kappa shape index (κ2) is 9.34. The lowest BCUT2D eigenvalue weighted by atomic mass is 10.2. The molecule has 6 nitrogen and oxygen atoms in total. The average molecular weight is 383 g/mol. The summed E-state index contributed by atoms with van der Waals surface area (Å²) >= 11 is 12.0. The van der Waals surface area contributed by atoms with Gasteiger partial charge in [0.15, 0.2) is 5.96 Å². The molecule has 0 saturated heterocycles. The quantitative estimate of drug-likeness (QED) is 0.595. The summed E-state index contributed by atoms with van der Waals surface area (Å²) in [6.07, 6.45) is 1.57. The minimum Gasteiger partial charge on any atom is -0.467 e. The van der Waals surface area contributed by atoms with Gasteiger partial charge >= 0.3 is 0 Å². The van der Waals surface area contributed by atoms with Crippen molar-refractivity contribution in [3.05, 3.63) is 58.0 Å². The van der Waals surface area contributed by atoms with Crippen molar-refractivity contribution in [2.45, 2.75) is 13.1 Å². The monoisotopic (exact) mass is 382 g/mol. The number of furan rings is 1. The molecule has 1 aromatic carbocycles. The predicted molar refractivity (Wildman–Crippen MR) is 99.8 cm³/mol. The van der Waals surface area contributed by atoms with Gasteiger partial charge in [-0.1, -0.05) is 29.3 Å². The van der Waals surface area contributed by atoms with E-state index in [9.17, 15) is 4.79 Å². The standard InChI is InChI=1S/C17H20Cl2N4O2/c1-20-17(22-10-16(24)21-9-13-4-3-7-25-13)23(2)11-12-5-6-14(18)15(19)8-12/h3-8H,9-11H2,1-2H3,(H,20,22)(H,21,24). The maximum Gasteiger partial charge on any atom is 0.239 e. The fraction of sp³-hybridized carbons (Fsp3) is 0.294. The van der Waals surface area contributed by atoms with Crippen molar-refractivity contribution in [2.24, 2.45) is 4.99 Å². The zero-order valence-electron chi connectivity index (χ0n) is 14.1. The molecule has 25 heavy (non-hydrogen) atoms. The van der Waals surface area contributed by atoms with Gasteiger partial charge in [-0.2, -0.15) is 0 Å². The Hall–Kier alpha value is -2.18.